The van der Waals surface area contributed by atoms with Crippen molar-refractivity contribution in [2.24, 2.45) is 0 Å². The van der Waals surface area contributed by atoms with E-state index in [4.69, 9.17) is 0 Å². The fourth-order valence-electron chi connectivity index (χ4n) is 1.95. The Morgan fingerprint density at radius 1 is 0.938 bits per heavy atom. The minimum atomic E-state index is -0.269. The summed E-state index contributed by atoms with van der Waals surface area (Å²) in [6.45, 7) is 0. The van der Waals surface area contributed by atoms with Crippen molar-refractivity contribution < 1.29 is 0 Å². The average Bonchev–Trinajstić information content (AvgIpc) is 2.75. The SMILES string of the molecule is BrC1=C[SH](c2cccc3ccccc23)C=C1. The Kier molecular flexibility index (Phi) is 2.62. The highest BCUT2D eigenvalue weighted by molar-refractivity contribution is 9.12. The van der Waals surface area contributed by atoms with E-state index in [0.29, 0.717) is 0 Å². The van der Waals surface area contributed by atoms with E-state index in [1.54, 1.807) is 0 Å². The summed E-state index contributed by atoms with van der Waals surface area (Å²) >= 11 is 3.53. The molecule has 1 aliphatic rings. The first-order chi connectivity index (χ1) is 7.84. The van der Waals surface area contributed by atoms with Crippen LogP contribution in [0.5, 0.6) is 0 Å². The molecule has 2 heteroatoms. The van der Waals surface area contributed by atoms with E-state index in [1.165, 1.54) is 20.2 Å². The molecule has 1 atom stereocenters. The standard InChI is InChI=1S/C14H11BrS/c15-12-8-9-16(10-12)14-7-3-5-11-4-1-2-6-13(11)14/h1-10,16H. The molecule has 0 fully saturated rings. The number of halogens is 1. The Balaban J connectivity index is 2.21. The number of thiol groups is 1. The van der Waals surface area contributed by atoms with Gasteiger partial charge < -0.3 is 0 Å². The molecule has 0 N–H and O–H groups in total. The number of hydrogen-bond acceptors (Lipinski definition) is 0. The Bertz CT molecular complexity index is 593. The lowest BCUT2D eigenvalue weighted by Gasteiger charge is -2.13. The second-order valence-corrected chi connectivity index (χ2v) is 6.50. The minimum absolute atomic E-state index is 0.269. The van der Waals surface area contributed by atoms with E-state index in [2.05, 4.69) is 75.3 Å². The highest BCUT2D eigenvalue weighted by Crippen LogP contribution is 2.47. The summed E-state index contributed by atoms with van der Waals surface area (Å²) in [6, 6.07) is 15.1. The Hall–Kier alpha value is -0.990. The minimum Gasteiger partial charge on any atom is -0.184 e. The van der Waals surface area contributed by atoms with Gasteiger partial charge in [-0.3, -0.25) is 0 Å². The second-order valence-electron chi connectivity index (χ2n) is 3.74. The second kappa shape index (κ2) is 4.11. The normalized spacial score (nSPS) is 21.3. The summed E-state index contributed by atoms with van der Waals surface area (Å²) in [5.41, 5.74) is 0. The van der Waals surface area contributed by atoms with Crippen LogP contribution in [0.3, 0.4) is 0 Å². The first kappa shape index (κ1) is 10.2. The lowest BCUT2D eigenvalue weighted by Crippen LogP contribution is -1.79. The molecule has 80 valence electrons. The van der Waals surface area contributed by atoms with Crippen molar-refractivity contribution in [1.29, 1.82) is 0 Å². The van der Waals surface area contributed by atoms with Crippen LogP contribution in [0, 0.1) is 0 Å². The Labute approximate surface area is 106 Å². The topological polar surface area (TPSA) is 0 Å². The zero-order valence-electron chi connectivity index (χ0n) is 8.60. The van der Waals surface area contributed by atoms with Gasteiger partial charge in [0, 0.05) is 9.38 Å². The van der Waals surface area contributed by atoms with Crippen molar-refractivity contribution in [3.8, 4) is 0 Å². The van der Waals surface area contributed by atoms with Gasteiger partial charge in [-0.15, -0.1) is 0 Å². The molecule has 0 nitrogen and oxygen atoms in total. The molecule has 1 unspecified atom stereocenters. The van der Waals surface area contributed by atoms with Gasteiger partial charge in [0.2, 0.25) is 0 Å². The molecule has 2 aromatic rings. The lowest BCUT2D eigenvalue weighted by atomic mass is 10.1. The van der Waals surface area contributed by atoms with Gasteiger partial charge in [-0.25, -0.2) is 0 Å². The number of hydrogen-bond donors (Lipinski definition) is 1. The Morgan fingerprint density at radius 2 is 1.75 bits per heavy atom. The van der Waals surface area contributed by atoms with Gasteiger partial charge in [-0.05, 0) is 33.7 Å². The third-order valence-electron chi connectivity index (χ3n) is 2.70. The van der Waals surface area contributed by atoms with E-state index in [9.17, 15) is 0 Å². The highest BCUT2D eigenvalue weighted by atomic mass is 79.9. The molecular formula is C14H11BrS. The first-order valence-corrected chi connectivity index (χ1v) is 7.43. The van der Waals surface area contributed by atoms with E-state index >= 15 is 0 Å². The maximum atomic E-state index is 3.53. The van der Waals surface area contributed by atoms with Crippen LogP contribution >= 0.6 is 26.8 Å². The summed E-state index contributed by atoms with van der Waals surface area (Å²) in [7, 11) is -0.269. The van der Waals surface area contributed by atoms with Crippen LogP contribution in [-0.4, -0.2) is 0 Å². The number of benzene rings is 2. The first-order valence-electron chi connectivity index (χ1n) is 5.16. The molecule has 0 aromatic heterocycles. The zero-order chi connectivity index (χ0) is 11.0. The van der Waals surface area contributed by atoms with Crippen LogP contribution in [0.15, 0.2) is 68.7 Å². The molecule has 1 aliphatic heterocycles. The zero-order valence-corrected chi connectivity index (χ0v) is 11.1. The van der Waals surface area contributed by atoms with Gasteiger partial charge >= 0.3 is 0 Å². The van der Waals surface area contributed by atoms with Crippen LogP contribution in [0.2, 0.25) is 0 Å². The van der Waals surface area contributed by atoms with Crippen molar-refractivity contribution in [1.82, 2.24) is 0 Å². The van der Waals surface area contributed by atoms with Crippen LogP contribution in [0.1, 0.15) is 0 Å². The average molecular weight is 291 g/mol. The van der Waals surface area contributed by atoms with Crippen LogP contribution in [-0.2, 0) is 0 Å². The van der Waals surface area contributed by atoms with Crippen LogP contribution in [0.4, 0.5) is 0 Å². The molecule has 0 amide bonds. The summed E-state index contributed by atoms with van der Waals surface area (Å²) in [6.07, 6.45) is 2.15. The number of rotatable bonds is 1. The van der Waals surface area contributed by atoms with Gasteiger partial charge in [-0.1, -0.05) is 52.3 Å². The molecule has 3 rings (SSSR count). The van der Waals surface area contributed by atoms with Gasteiger partial charge in [0.1, 0.15) is 0 Å². The molecule has 0 bridgehead atoms. The predicted octanol–water partition coefficient (Wildman–Crippen LogP) is 4.96. The van der Waals surface area contributed by atoms with E-state index in [1.807, 2.05) is 0 Å². The molecule has 0 radical (unpaired) electrons. The molecule has 2 aromatic carbocycles. The van der Waals surface area contributed by atoms with Gasteiger partial charge in [0.15, 0.2) is 0 Å². The van der Waals surface area contributed by atoms with E-state index in [-0.39, 0.29) is 10.9 Å². The third-order valence-corrected chi connectivity index (χ3v) is 5.52. The predicted molar refractivity (Wildman–Crippen MR) is 77.4 cm³/mol. The largest absolute Gasteiger partial charge is 0.184 e. The molecule has 0 saturated carbocycles. The summed E-state index contributed by atoms with van der Waals surface area (Å²) in [4.78, 5) is 1.44. The molecule has 0 spiro atoms. The molecule has 1 heterocycles. The fraction of sp³-hybridized carbons (Fsp3) is 0. The van der Waals surface area contributed by atoms with Crippen LogP contribution in [0.25, 0.3) is 10.8 Å². The maximum Gasteiger partial charge on any atom is 0.0231 e. The molecule has 0 saturated heterocycles. The number of allylic oxidation sites excluding steroid dienone is 2. The Morgan fingerprint density at radius 3 is 2.56 bits per heavy atom. The summed E-state index contributed by atoms with van der Waals surface area (Å²) < 4.78 is 1.20. The molecule has 0 aliphatic carbocycles. The molecule has 16 heavy (non-hydrogen) atoms. The van der Waals surface area contributed by atoms with Crippen molar-refractivity contribution in [2.75, 3.05) is 0 Å². The van der Waals surface area contributed by atoms with Crippen molar-refractivity contribution in [2.45, 2.75) is 4.90 Å². The van der Waals surface area contributed by atoms with Gasteiger partial charge in [0.25, 0.3) is 0 Å². The molecular weight excluding hydrogens is 280 g/mol. The maximum absolute atomic E-state index is 3.53. The smallest absolute Gasteiger partial charge is 0.0231 e. The third kappa shape index (κ3) is 1.72. The fourth-order valence-corrected chi connectivity index (χ4v) is 4.75. The van der Waals surface area contributed by atoms with E-state index in [0.717, 1.165) is 0 Å². The van der Waals surface area contributed by atoms with Crippen LogP contribution < -0.4 is 0 Å². The van der Waals surface area contributed by atoms with Crippen molar-refractivity contribution in [3.63, 3.8) is 0 Å². The highest BCUT2D eigenvalue weighted by Gasteiger charge is 2.09. The summed E-state index contributed by atoms with van der Waals surface area (Å²) in [5.74, 6) is 0. The van der Waals surface area contributed by atoms with E-state index < -0.39 is 0 Å². The van der Waals surface area contributed by atoms with Gasteiger partial charge in [0.05, 0.1) is 0 Å². The van der Waals surface area contributed by atoms with Gasteiger partial charge in [-0.2, -0.15) is 10.9 Å². The monoisotopic (exact) mass is 290 g/mol. The lowest BCUT2D eigenvalue weighted by molar-refractivity contribution is 1.55. The van der Waals surface area contributed by atoms with Crippen molar-refractivity contribution >= 4 is 37.6 Å². The summed E-state index contributed by atoms with van der Waals surface area (Å²) in [5, 5.41) is 7.30. The van der Waals surface area contributed by atoms with Crippen molar-refractivity contribution in [3.05, 3.63) is 63.8 Å². The quantitative estimate of drug-likeness (QED) is 0.705. The number of fused-ring (bicyclic) bond motifs is 1.